The molecule has 2 aromatic carbocycles. The Hall–Kier alpha value is -6.19. The highest BCUT2D eigenvalue weighted by Crippen LogP contribution is 2.51. The first-order valence-electron chi connectivity index (χ1n) is 18.2. The number of nitrogens with zero attached hydrogens (tertiary/aromatic N) is 6. The third-order valence-corrected chi connectivity index (χ3v) is 10.7. The monoisotopic (exact) mass is 750 g/mol. The molecule has 4 aliphatic rings. The molecule has 16 heteroatoms. The number of methoxy groups -OCH3 is 2. The van der Waals surface area contributed by atoms with Crippen LogP contribution in [0.25, 0.3) is 11.3 Å². The lowest BCUT2D eigenvalue weighted by atomic mass is 9.57. The van der Waals surface area contributed by atoms with Crippen molar-refractivity contribution in [3.05, 3.63) is 81.2 Å². The van der Waals surface area contributed by atoms with Crippen molar-refractivity contribution < 1.29 is 33.4 Å². The van der Waals surface area contributed by atoms with E-state index in [1.54, 1.807) is 63.5 Å². The van der Waals surface area contributed by atoms with Crippen molar-refractivity contribution in [2.24, 2.45) is 13.0 Å². The number of amides is 3. The summed E-state index contributed by atoms with van der Waals surface area (Å²) in [5, 5.41) is 14.5. The van der Waals surface area contributed by atoms with Crippen LogP contribution in [-0.2, 0) is 40.9 Å². The number of hydrogen-bond acceptors (Lipinski definition) is 12. The zero-order valence-corrected chi connectivity index (χ0v) is 31.1. The van der Waals surface area contributed by atoms with E-state index in [9.17, 15) is 28.8 Å². The van der Waals surface area contributed by atoms with Crippen LogP contribution in [0, 0.1) is 12.8 Å². The van der Waals surface area contributed by atoms with Crippen LogP contribution in [0.15, 0.2) is 47.5 Å². The molecule has 286 valence electrons. The molecular weight excluding hydrogens is 708 g/mol. The standard InChI is InChI=1S/C39H42N8O8/c1-22-36(51)45(2)21-29(42-22)23-14-31(54-3)26(32(15-23)55-4)8-6-11-34(50)40-12-7-13-46-20-25(43-44-46)19-41-28-10-5-9-27-35(28)38(53)47(37(27)52)39-17-24(18-39)30(48)16-33(39)49/h5,9-10,14-15,20-21,24,41H,6-8,11-13,16-19H2,1-4H3,(H,40,50). The first-order chi connectivity index (χ1) is 26.4. The van der Waals surface area contributed by atoms with Crippen LogP contribution in [0.5, 0.6) is 11.5 Å². The lowest BCUT2D eigenvalue weighted by Gasteiger charge is -2.53. The van der Waals surface area contributed by atoms with Gasteiger partial charge in [0.2, 0.25) is 5.91 Å². The Kier molecular flexibility index (Phi) is 10.1. The van der Waals surface area contributed by atoms with E-state index in [-0.39, 0.29) is 65.9 Å². The number of nitrogens with one attached hydrogen (secondary N) is 2. The zero-order chi connectivity index (χ0) is 39.0. The predicted octanol–water partition coefficient (Wildman–Crippen LogP) is 2.79. The minimum absolute atomic E-state index is 0.0806. The van der Waals surface area contributed by atoms with Crippen LogP contribution in [0.2, 0.25) is 0 Å². The maximum atomic E-state index is 13.6. The number of hydrogen-bond donors (Lipinski definition) is 2. The molecule has 0 spiro atoms. The van der Waals surface area contributed by atoms with Crippen molar-refractivity contribution in [1.82, 2.24) is 34.8 Å². The topological polar surface area (TPSA) is 197 Å². The molecule has 55 heavy (non-hydrogen) atoms. The molecule has 1 aliphatic heterocycles. The fourth-order valence-corrected chi connectivity index (χ4v) is 7.78. The molecule has 16 nitrogen and oxygen atoms in total. The predicted molar refractivity (Wildman–Crippen MR) is 198 cm³/mol. The Labute approximate surface area is 316 Å². The summed E-state index contributed by atoms with van der Waals surface area (Å²) in [5.41, 5.74) is 2.69. The third-order valence-electron chi connectivity index (χ3n) is 10.7. The van der Waals surface area contributed by atoms with Crippen LogP contribution < -0.4 is 25.7 Å². The molecule has 3 heterocycles. The van der Waals surface area contributed by atoms with Crippen molar-refractivity contribution in [3.8, 4) is 22.8 Å². The maximum Gasteiger partial charge on any atom is 0.271 e. The second kappa shape index (κ2) is 14.9. The normalized spacial score (nSPS) is 18.6. The fraction of sp³-hybridized carbons (Fsp3) is 0.410. The van der Waals surface area contributed by atoms with Crippen LogP contribution in [0.4, 0.5) is 5.69 Å². The minimum Gasteiger partial charge on any atom is -0.496 e. The Balaban J connectivity index is 0.871. The van der Waals surface area contributed by atoms with E-state index >= 15 is 0 Å². The van der Waals surface area contributed by atoms with Gasteiger partial charge >= 0.3 is 0 Å². The number of carbonyl (C=O) groups excluding carboxylic acids is 5. The molecule has 2 N–H and O–H groups in total. The number of aryl methyl sites for hydroxylation is 3. The van der Waals surface area contributed by atoms with Gasteiger partial charge in [-0.3, -0.25) is 38.3 Å². The lowest BCUT2D eigenvalue weighted by molar-refractivity contribution is -0.153. The molecule has 3 amide bonds. The van der Waals surface area contributed by atoms with Crippen LogP contribution in [-0.4, -0.2) is 85.0 Å². The zero-order valence-electron chi connectivity index (χ0n) is 31.1. The van der Waals surface area contributed by atoms with Gasteiger partial charge in [-0.25, -0.2) is 4.98 Å². The van der Waals surface area contributed by atoms with Crippen LogP contribution in [0.1, 0.15) is 76.2 Å². The van der Waals surface area contributed by atoms with Crippen LogP contribution in [0.3, 0.4) is 0 Å². The third kappa shape index (κ3) is 6.87. The highest BCUT2D eigenvalue weighted by molar-refractivity contribution is 6.27. The number of Topliss-reactive ketones (excluding diaryl/α,β-unsaturated/α-hetero) is 2. The Morgan fingerprint density at radius 1 is 1.00 bits per heavy atom. The number of carbonyl (C=O) groups is 5. The number of rotatable bonds is 15. The quantitative estimate of drug-likeness (QED) is 0.103. The minimum atomic E-state index is -1.23. The number of imide groups is 1. The van der Waals surface area contributed by atoms with Gasteiger partial charge in [-0.05, 0) is 63.3 Å². The number of ketones is 2. The molecular formula is C39H42N8O8. The summed E-state index contributed by atoms with van der Waals surface area (Å²) in [7, 11) is 4.83. The molecule has 2 aromatic heterocycles. The van der Waals surface area contributed by atoms with E-state index in [4.69, 9.17) is 9.47 Å². The van der Waals surface area contributed by atoms with Gasteiger partial charge in [-0.15, -0.1) is 5.10 Å². The van der Waals surface area contributed by atoms with Crippen molar-refractivity contribution in [2.75, 3.05) is 26.1 Å². The van der Waals surface area contributed by atoms with Gasteiger partial charge in [0, 0.05) is 55.5 Å². The molecule has 8 rings (SSSR count). The van der Waals surface area contributed by atoms with Crippen molar-refractivity contribution in [2.45, 2.75) is 70.5 Å². The summed E-state index contributed by atoms with van der Waals surface area (Å²) >= 11 is 0. The molecule has 0 saturated heterocycles. The summed E-state index contributed by atoms with van der Waals surface area (Å²) in [6.07, 6.45) is 5.64. The number of ether oxygens (including phenoxy) is 2. The Morgan fingerprint density at radius 2 is 1.75 bits per heavy atom. The summed E-state index contributed by atoms with van der Waals surface area (Å²) < 4.78 is 14.5. The van der Waals surface area contributed by atoms with Crippen molar-refractivity contribution >= 4 is 35.0 Å². The second-order valence-electron chi connectivity index (χ2n) is 14.2. The first kappa shape index (κ1) is 37.1. The summed E-state index contributed by atoms with van der Waals surface area (Å²) in [5.74, 6) is -0.673. The molecule has 2 bridgehead atoms. The van der Waals surface area contributed by atoms with Gasteiger partial charge in [-0.2, -0.15) is 0 Å². The van der Waals surface area contributed by atoms with Gasteiger partial charge in [0.1, 0.15) is 34.2 Å². The van der Waals surface area contributed by atoms with Gasteiger partial charge in [0.05, 0.1) is 50.2 Å². The maximum absolute atomic E-state index is 13.6. The smallest absolute Gasteiger partial charge is 0.271 e. The SMILES string of the molecule is COc1cc(-c2cn(C)c(=O)c(C)n2)cc(OC)c1CCCC(=O)NCCCn1cc(CNc2cccc3c2C(=O)N(C24CC(C2)C(=O)CC4=O)C3=O)nn1. The summed E-state index contributed by atoms with van der Waals surface area (Å²) in [6.45, 7) is 2.86. The molecule has 0 unspecified atom stereocenters. The van der Waals surface area contributed by atoms with Gasteiger partial charge < -0.3 is 24.7 Å². The molecule has 4 aromatic rings. The van der Waals surface area contributed by atoms with E-state index in [1.165, 1.54) is 4.57 Å². The largest absolute Gasteiger partial charge is 0.496 e. The van der Waals surface area contributed by atoms with Gasteiger partial charge in [0.25, 0.3) is 17.4 Å². The number of fused-ring (bicyclic) bond motifs is 3. The van der Waals surface area contributed by atoms with E-state index in [0.717, 1.165) is 16.0 Å². The molecule has 3 saturated carbocycles. The average molecular weight is 751 g/mol. The Morgan fingerprint density at radius 3 is 2.44 bits per heavy atom. The van der Waals surface area contributed by atoms with Crippen molar-refractivity contribution in [1.29, 1.82) is 0 Å². The average Bonchev–Trinajstić information content (AvgIpc) is 3.72. The summed E-state index contributed by atoms with van der Waals surface area (Å²) in [4.78, 5) is 82.2. The van der Waals surface area contributed by atoms with E-state index in [0.29, 0.717) is 73.0 Å². The van der Waals surface area contributed by atoms with E-state index in [2.05, 4.69) is 25.9 Å². The fourth-order valence-electron chi connectivity index (χ4n) is 7.78. The molecule has 3 aliphatic carbocycles. The van der Waals surface area contributed by atoms with E-state index < -0.39 is 17.4 Å². The molecule has 0 atom stereocenters. The van der Waals surface area contributed by atoms with Gasteiger partial charge in [0.15, 0.2) is 5.78 Å². The van der Waals surface area contributed by atoms with Crippen LogP contribution >= 0.6 is 0 Å². The number of benzene rings is 2. The van der Waals surface area contributed by atoms with E-state index in [1.807, 2.05) is 12.1 Å². The highest BCUT2D eigenvalue weighted by atomic mass is 16.5. The molecule has 3 fully saturated rings. The Bertz CT molecular complexity index is 2240. The second-order valence-corrected chi connectivity index (χ2v) is 14.2. The van der Waals surface area contributed by atoms with Gasteiger partial charge in [-0.1, -0.05) is 11.3 Å². The highest BCUT2D eigenvalue weighted by Gasteiger charge is 2.64. The first-order valence-corrected chi connectivity index (χ1v) is 18.2. The number of aromatic nitrogens is 5. The molecule has 0 radical (unpaired) electrons. The lowest BCUT2D eigenvalue weighted by Crippen LogP contribution is -2.68. The number of anilines is 1. The van der Waals surface area contributed by atoms with Crippen molar-refractivity contribution in [3.63, 3.8) is 0 Å². The summed E-state index contributed by atoms with van der Waals surface area (Å²) in [6, 6.07) is 8.67.